The van der Waals surface area contributed by atoms with E-state index in [2.05, 4.69) is 0 Å². The van der Waals surface area contributed by atoms with Crippen molar-refractivity contribution in [1.82, 2.24) is 19.3 Å². The van der Waals surface area contributed by atoms with E-state index in [0.29, 0.717) is 38.0 Å². The molecule has 4 rings (SSSR count). The van der Waals surface area contributed by atoms with Gasteiger partial charge >= 0.3 is 6.03 Å². The monoisotopic (exact) mass is 396 g/mol. The van der Waals surface area contributed by atoms with Crippen LogP contribution in [0.5, 0.6) is 0 Å². The number of aryl methyl sites for hydroxylation is 1. The normalized spacial score (nSPS) is 19.3. The third kappa shape index (κ3) is 2.91. The van der Waals surface area contributed by atoms with Gasteiger partial charge in [-0.05, 0) is 24.8 Å². The third-order valence-electron chi connectivity index (χ3n) is 6.29. The summed E-state index contributed by atoms with van der Waals surface area (Å²) in [4.78, 5) is 43.7. The molecule has 2 fully saturated rings. The van der Waals surface area contributed by atoms with Gasteiger partial charge in [-0.2, -0.15) is 0 Å². The van der Waals surface area contributed by atoms with Crippen LogP contribution >= 0.6 is 0 Å². The predicted octanol–water partition coefficient (Wildman–Crippen LogP) is 2.70. The van der Waals surface area contributed by atoms with Gasteiger partial charge < -0.3 is 14.4 Å². The zero-order valence-electron chi connectivity index (χ0n) is 17.5. The number of hydrogen-bond acceptors (Lipinski definition) is 3. The van der Waals surface area contributed by atoms with Crippen molar-refractivity contribution in [3.8, 4) is 0 Å². The number of carbonyl (C=O) groups is 3. The number of para-hydroxylation sites is 1. The summed E-state index contributed by atoms with van der Waals surface area (Å²) in [5.74, 6) is 0.114. The second-order valence-corrected chi connectivity index (χ2v) is 8.65. The van der Waals surface area contributed by atoms with Crippen LogP contribution in [0, 0.1) is 5.92 Å². The van der Waals surface area contributed by atoms with Crippen LogP contribution in [0.15, 0.2) is 30.5 Å². The van der Waals surface area contributed by atoms with Gasteiger partial charge in [0.15, 0.2) is 0 Å². The fourth-order valence-electron chi connectivity index (χ4n) is 4.74. The average Bonchev–Trinajstić information content (AvgIpc) is 3.13. The molecule has 2 aliphatic heterocycles. The number of aromatic nitrogens is 1. The summed E-state index contributed by atoms with van der Waals surface area (Å²) in [5.41, 5.74) is 0.890. The number of rotatable bonds is 3. The first-order valence-corrected chi connectivity index (χ1v) is 10.2. The zero-order valence-corrected chi connectivity index (χ0v) is 17.5. The predicted molar refractivity (Wildman–Crippen MR) is 110 cm³/mol. The van der Waals surface area contributed by atoms with Crippen LogP contribution in [0.1, 0.15) is 37.0 Å². The van der Waals surface area contributed by atoms with Crippen molar-refractivity contribution in [3.05, 3.63) is 36.0 Å². The molecule has 7 nitrogen and oxygen atoms in total. The number of likely N-dealkylation sites (tertiary alicyclic amines) is 1. The van der Waals surface area contributed by atoms with Crippen molar-refractivity contribution in [2.24, 2.45) is 13.0 Å². The number of fused-ring (bicyclic) bond motifs is 1. The number of carbonyl (C=O) groups excluding carboxylic acids is 3. The van der Waals surface area contributed by atoms with Crippen LogP contribution in [-0.2, 0) is 11.8 Å². The maximum absolute atomic E-state index is 13.2. The molecule has 29 heavy (non-hydrogen) atoms. The van der Waals surface area contributed by atoms with Crippen LogP contribution in [-0.4, -0.2) is 69.3 Å². The summed E-state index contributed by atoms with van der Waals surface area (Å²) in [5, 5.41) is 0.938. The number of nitrogens with zero attached hydrogens (tertiary/aromatic N) is 4. The summed E-state index contributed by atoms with van der Waals surface area (Å²) < 4.78 is 1.96. The molecule has 1 aromatic heterocycles. The number of benzene rings is 1. The molecular weight excluding hydrogens is 368 g/mol. The summed E-state index contributed by atoms with van der Waals surface area (Å²) in [6.07, 6.45) is 2.83. The highest BCUT2D eigenvalue weighted by Gasteiger charge is 2.57. The SMILES string of the molecule is CC(C)CN1C(=O)N(C)C(=O)C12CCN(C(=O)c1cn(C)c3ccccc13)CC2. The fourth-order valence-corrected chi connectivity index (χ4v) is 4.74. The number of hydrogen-bond donors (Lipinski definition) is 0. The van der Waals surface area contributed by atoms with Gasteiger partial charge in [-0.1, -0.05) is 32.0 Å². The molecule has 0 aliphatic carbocycles. The summed E-state index contributed by atoms with van der Waals surface area (Å²) >= 11 is 0. The minimum atomic E-state index is -0.814. The minimum absolute atomic E-state index is 0.0165. The number of urea groups is 1. The second kappa shape index (κ2) is 6.90. The molecule has 2 aliphatic rings. The van der Waals surface area contributed by atoms with E-state index in [1.807, 2.05) is 60.8 Å². The van der Waals surface area contributed by atoms with Crippen LogP contribution in [0.3, 0.4) is 0 Å². The molecule has 0 radical (unpaired) electrons. The van der Waals surface area contributed by atoms with E-state index in [4.69, 9.17) is 0 Å². The molecule has 1 aromatic carbocycles. The van der Waals surface area contributed by atoms with E-state index in [0.717, 1.165) is 10.9 Å². The Bertz CT molecular complexity index is 985. The first kappa shape index (κ1) is 19.5. The average molecular weight is 396 g/mol. The molecule has 0 unspecified atom stereocenters. The lowest BCUT2D eigenvalue weighted by Gasteiger charge is -2.42. The Labute approximate surface area is 170 Å². The van der Waals surface area contributed by atoms with Crippen LogP contribution < -0.4 is 0 Å². The molecule has 4 amide bonds. The van der Waals surface area contributed by atoms with Gasteiger partial charge in [0.05, 0.1) is 5.56 Å². The molecule has 0 atom stereocenters. The smallest absolute Gasteiger partial charge is 0.327 e. The number of likely N-dealkylation sites (N-methyl/N-ethyl adjacent to an activating group) is 1. The Morgan fingerprint density at radius 2 is 1.76 bits per heavy atom. The van der Waals surface area contributed by atoms with E-state index in [-0.39, 0.29) is 23.8 Å². The topological polar surface area (TPSA) is 65.9 Å². The molecule has 0 N–H and O–H groups in total. The van der Waals surface area contributed by atoms with Gasteiger partial charge in [-0.3, -0.25) is 14.5 Å². The highest BCUT2D eigenvalue weighted by atomic mass is 16.2. The maximum atomic E-state index is 13.2. The van der Waals surface area contributed by atoms with Crippen molar-refractivity contribution in [1.29, 1.82) is 0 Å². The molecule has 0 bridgehead atoms. The van der Waals surface area contributed by atoms with Crippen molar-refractivity contribution in [2.45, 2.75) is 32.2 Å². The van der Waals surface area contributed by atoms with Crippen LogP contribution in [0.2, 0.25) is 0 Å². The quantitative estimate of drug-likeness (QED) is 0.750. The largest absolute Gasteiger partial charge is 0.350 e. The van der Waals surface area contributed by atoms with Crippen LogP contribution in [0.4, 0.5) is 4.79 Å². The Morgan fingerprint density at radius 3 is 2.41 bits per heavy atom. The number of amides is 4. The third-order valence-corrected chi connectivity index (χ3v) is 6.29. The van der Waals surface area contributed by atoms with E-state index < -0.39 is 5.54 Å². The van der Waals surface area contributed by atoms with Crippen molar-refractivity contribution < 1.29 is 14.4 Å². The molecule has 1 spiro atoms. The number of piperidine rings is 1. The lowest BCUT2D eigenvalue weighted by molar-refractivity contribution is -0.134. The Balaban J connectivity index is 1.57. The van der Waals surface area contributed by atoms with E-state index in [1.165, 1.54) is 4.90 Å². The van der Waals surface area contributed by atoms with Crippen molar-refractivity contribution >= 4 is 28.7 Å². The van der Waals surface area contributed by atoms with Gasteiger partial charge in [-0.15, -0.1) is 0 Å². The zero-order chi connectivity index (χ0) is 20.9. The Hall–Kier alpha value is -2.83. The van der Waals surface area contributed by atoms with Gasteiger partial charge in [0.25, 0.3) is 11.8 Å². The molecular formula is C22H28N4O3. The standard InChI is InChI=1S/C22H28N4O3/c1-15(2)13-26-21(29)24(4)20(28)22(26)9-11-25(12-10-22)19(27)17-14-23(3)18-8-6-5-7-16(17)18/h5-8,14-15H,9-13H2,1-4H3. The Morgan fingerprint density at radius 1 is 1.10 bits per heavy atom. The van der Waals surface area contributed by atoms with Gasteiger partial charge in [-0.25, -0.2) is 4.79 Å². The van der Waals surface area contributed by atoms with Gasteiger partial charge in [0.1, 0.15) is 5.54 Å². The summed E-state index contributed by atoms with van der Waals surface area (Å²) in [6.45, 7) is 5.56. The molecule has 154 valence electrons. The molecule has 2 saturated heterocycles. The summed E-state index contributed by atoms with van der Waals surface area (Å²) in [7, 11) is 3.49. The fraction of sp³-hybridized carbons (Fsp3) is 0.500. The highest BCUT2D eigenvalue weighted by Crippen LogP contribution is 2.37. The summed E-state index contributed by atoms with van der Waals surface area (Å²) in [6, 6.07) is 7.64. The molecule has 3 heterocycles. The molecule has 2 aromatic rings. The molecule has 7 heteroatoms. The highest BCUT2D eigenvalue weighted by molar-refractivity contribution is 6.08. The first-order valence-electron chi connectivity index (χ1n) is 10.2. The Kier molecular flexibility index (Phi) is 4.63. The lowest BCUT2D eigenvalue weighted by Crippen LogP contribution is -2.58. The van der Waals surface area contributed by atoms with Gasteiger partial charge in [0, 0.05) is 50.8 Å². The number of imide groups is 1. The van der Waals surface area contributed by atoms with Gasteiger partial charge in [0.2, 0.25) is 0 Å². The van der Waals surface area contributed by atoms with E-state index in [1.54, 1.807) is 11.9 Å². The lowest BCUT2D eigenvalue weighted by atomic mass is 9.85. The first-order chi connectivity index (χ1) is 13.8. The van der Waals surface area contributed by atoms with Crippen molar-refractivity contribution in [2.75, 3.05) is 26.7 Å². The van der Waals surface area contributed by atoms with E-state index >= 15 is 0 Å². The minimum Gasteiger partial charge on any atom is -0.350 e. The molecule has 0 saturated carbocycles. The van der Waals surface area contributed by atoms with Crippen molar-refractivity contribution in [3.63, 3.8) is 0 Å². The van der Waals surface area contributed by atoms with E-state index in [9.17, 15) is 14.4 Å². The maximum Gasteiger partial charge on any atom is 0.327 e. The second-order valence-electron chi connectivity index (χ2n) is 8.65. The van der Waals surface area contributed by atoms with Crippen LogP contribution in [0.25, 0.3) is 10.9 Å².